The predicted molar refractivity (Wildman–Crippen MR) is 56.6 cm³/mol. The van der Waals surface area contributed by atoms with Crippen molar-refractivity contribution >= 4 is 0 Å². The van der Waals surface area contributed by atoms with E-state index in [1.165, 1.54) is 0 Å². The van der Waals surface area contributed by atoms with Crippen molar-refractivity contribution in [2.75, 3.05) is 20.3 Å². The zero-order valence-electron chi connectivity index (χ0n) is 8.81. The second-order valence-corrected chi connectivity index (χ2v) is 3.07. The van der Waals surface area contributed by atoms with Crippen LogP contribution in [0.3, 0.4) is 0 Å². The molecule has 2 heteroatoms. The van der Waals surface area contributed by atoms with Crippen molar-refractivity contribution in [3.8, 4) is 12.3 Å². The number of ether oxygens (including phenoxy) is 1. The third kappa shape index (κ3) is 7.83. The minimum atomic E-state index is 0.552. The van der Waals surface area contributed by atoms with Crippen molar-refractivity contribution in [2.45, 2.75) is 38.6 Å². The van der Waals surface area contributed by atoms with Crippen molar-refractivity contribution in [2.24, 2.45) is 0 Å². The van der Waals surface area contributed by atoms with Crippen LogP contribution in [0, 0.1) is 12.3 Å². The number of hydrogen-bond acceptors (Lipinski definition) is 2. The molecule has 0 spiro atoms. The highest BCUT2D eigenvalue weighted by Gasteiger charge is 2.03. The Labute approximate surface area is 82.1 Å². The summed E-state index contributed by atoms with van der Waals surface area (Å²) in [6, 6.07) is 0.552. The van der Waals surface area contributed by atoms with Gasteiger partial charge in [-0.1, -0.05) is 0 Å². The fraction of sp³-hybridized carbons (Fsp3) is 0.818. The summed E-state index contributed by atoms with van der Waals surface area (Å²) in [5.41, 5.74) is 0. The van der Waals surface area contributed by atoms with Crippen molar-refractivity contribution in [1.29, 1.82) is 0 Å². The first-order valence-corrected chi connectivity index (χ1v) is 5.03. The van der Waals surface area contributed by atoms with E-state index in [4.69, 9.17) is 11.2 Å². The summed E-state index contributed by atoms with van der Waals surface area (Å²) >= 11 is 0. The molecule has 0 aliphatic rings. The Kier molecular flexibility index (Phi) is 9.18. The maximum Gasteiger partial charge on any atom is 0.0466 e. The molecular weight excluding hydrogens is 162 g/mol. The zero-order valence-corrected chi connectivity index (χ0v) is 8.81. The second kappa shape index (κ2) is 9.57. The molecule has 0 aromatic heterocycles. The van der Waals surface area contributed by atoms with Crippen molar-refractivity contribution in [3.63, 3.8) is 0 Å². The Morgan fingerprint density at radius 1 is 1.46 bits per heavy atom. The Bertz CT molecular complexity index is 140. The lowest BCUT2D eigenvalue weighted by atomic mass is 10.1. The maximum absolute atomic E-state index is 5.26. The first-order chi connectivity index (χ1) is 6.35. The SMILES string of the molecule is C#CCCC(CCCOCC)NC. The lowest BCUT2D eigenvalue weighted by Gasteiger charge is -2.14. The topological polar surface area (TPSA) is 21.3 Å². The molecular formula is C11H21NO. The summed E-state index contributed by atoms with van der Waals surface area (Å²) in [5.74, 6) is 2.66. The highest BCUT2D eigenvalue weighted by molar-refractivity contribution is 4.85. The predicted octanol–water partition coefficient (Wildman–Crippen LogP) is 1.80. The van der Waals surface area contributed by atoms with Crippen LogP contribution in [-0.4, -0.2) is 26.3 Å². The fourth-order valence-electron chi connectivity index (χ4n) is 1.27. The monoisotopic (exact) mass is 183 g/mol. The maximum atomic E-state index is 5.26. The summed E-state index contributed by atoms with van der Waals surface area (Å²) in [6.45, 7) is 3.70. The van der Waals surface area contributed by atoms with Crippen LogP contribution in [0.1, 0.15) is 32.6 Å². The van der Waals surface area contributed by atoms with Crippen molar-refractivity contribution in [1.82, 2.24) is 5.32 Å². The number of rotatable bonds is 8. The van der Waals surface area contributed by atoms with Gasteiger partial charge in [0.05, 0.1) is 0 Å². The normalized spacial score (nSPS) is 12.4. The van der Waals surface area contributed by atoms with Crippen LogP contribution in [-0.2, 0) is 4.74 Å². The molecule has 0 heterocycles. The van der Waals surface area contributed by atoms with Gasteiger partial charge in [-0.05, 0) is 33.2 Å². The fourth-order valence-corrected chi connectivity index (χ4v) is 1.27. The van der Waals surface area contributed by atoms with Crippen LogP contribution >= 0.6 is 0 Å². The van der Waals surface area contributed by atoms with Gasteiger partial charge in [0, 0.05) is 25.7 Å². The van der Waals surface area contributed by atoms with E-state index in [1.54, 1.807) is 0 Å². The van der Waals surface area contributed by atoms with Gasteiger partial charge in [0.25, 0.3) is 0 Å². The lowest BCUT2D eigenvalue weighted by molar-refractivity contribution is 0.141. The average Bonchev–Trinajstić information content (AvgIpc) is 2.17. The van der Waals surface area contributed by atoms with E-state index in [0.29, 0.717) is 6.04 Å². The molecule has 0 fully saturated rings. The van der Waals surface area contributed by atoms with E-state index in [0.717, 1.165) is 38.9 Å². The molecule has 1 atom stereocenters. The first kappa shape index (κ1) is 12.5. The summed E-state index contributed by atoms with van der Waals surface area (Å²) in [5, 5.41) is 3.26. The molecule has 13 heavy (non-hydrogen) atoms. The van der Waals surface area contributed by atoms with Gasteiger partial charge in [-0.3, -0.25) is 0 Å². The summed E-state index contributed by atoms with van der Waals surface area (Å²) in [6.07, 6.45) is 9.40. The van der Waals surface area contributed by atoms with Crippen molar-refractivity contribution in [3.05, 3.63) is 0 Å². The van der Waals surface area contributed by atoms with Crippen LogP contribution in [0.25, 0.3) is 0 Å². The number of hydrogen-bond donors (Lipinski definition) is 1. The summed E-state index contributed by atoms with van der Waals surface area (Å²) in [7, 11) is 1.99. The van der Waals surface area contributed by atoms with Crippen LogP contribution < -0.4 is 5.32 Å². The van der Waals surface area contributed by atoms with Gasteiger partial charge in [-0.25, -0.2) is 0 Å². The van der Waals surface area contributed by atoms with Gasteiger partial charge in [-0.15, -0.1) is 12.3 Å². The molecule has 0 aromatic carbocycles. The van der Waals surface area contributed by atoms with E-state index in [-0.39, 0.29) is 0 Å². The van der Waals surface area contributed by atoms with Crippen LogP contribution in [0.15, 0.2) is 0 Å². The zero-order chi connectivity index (χ0) is 9.94. The lowest BCUT2D eigenvalue weighted by Crippen LogP contribution is -2.25. The first-order valence-electron chi connectivity index (χ1n) is 5.03. The summed E-state index contributed by atoms with van der Waals surface area (Å²) in [4.78, 5) is 0. The Morgan fingerprint density at radius 3 is 2.77 bits per heavy atom. The minimum absolute atomic E-state index is 0.552. The second-order valence-electron chi connectivity index (χ2n) is 3.07. The molecule has 0 aliphatic carbocycles. The Morgan fingerprint density at radius 2 is 2.23 bits per heavy atom. The number of terminal acetylenes is 1. The molecule has 0 bridgehead atoms. The molecule has 0 rings (SSSR count). The van der Waals surface area contributed by atoms with E-state index in [1.807, 2.05) is 14.0 Å². The smallest absolute Gasteiger partial charge is 0.0466 e. The van der Waals surface area contributed by atoms with Crippen LogP contribution in [0.4, 0.5) is 0 Å². The quantitative estimate of drug-likeness (QED) is 0.458. The van der Waals surface area contributed by atoms with Gasteiger partial charge in [0.15, 0.2) is 0 Å². The van der Waals surface area contributed by atoms with Gasteiger partial charge >= 0.3 is 0 Å². The van der Waals surface area contributed by atoms with Gasteiger partial charge < -0.3 is 10.1 Å². The molecule has 1 unspecified atom stereocenters. The molecule has 76 valence electrons. The standard InChI is InChI=1S/C11H21NO/c1-4-6-8-11(12-3)9-7-10-13-5-2/h1,11-12H,5-10H2,2-3H3. The molecule has 2 nitrogen and oxygen atoms in total. The van der Waals surface area contributed by atoms with E-state index < -0.39 is 0 Å². The van der Waals surface area contributed by atoms with E-state index >= 15 is 0 Å². The minimum Gasteiger partial charge on any atom is -0.382 e. The van der Waals surface area contributed by atoms with Gasteiger partial charge in [-0.2, -0.15) is 0 Å². The third-order valence-electron chi connectivity index (χ3n) is 2.09. The van der Waals surface area contributed by atoms with E-state index in [9.17, 15) is 0 Å². The highest BCUT2D eigenvalue weighted by atomic mass is 16.5. The largest absolute Gasteiger partial charge is 0.382 e. The molecule has 0 saturated carbocycles. The Hall–Kier alpha value is -0.520. The number of nitrogens with one attached hydrogen (secondary N) is 1. The molecule has 1 N–H and O–H groups in total. The van der Waals surface area contributed by atoms with E-state index in [2.05, 4.69) is 11.2 Å². The molecule has 0 aromatic rings. The molecule has 0 amide bonds. The molecule has 0 radical (unpaired) electrons. The molecule has 0 aliphatic heterocycles. The van der Waals surface area contributed by atoms with Crippen molar-refractivity contribution < 1.29 is 4.74 Å². The highest BCUT2D eigenvalue weighted by Crippen LogP contribution is 2.04. The van der Waals surface area contributed by atoms with Crippen LogP contribution in [0.2, 0.25) is 0 Å². The third-order valence-corrected chi connectivity index (χ3v) is 2.09. The summed E-state index contributed by atoms with van der Waals surface area (Å²) < 4.78 is 5.26. The Balaban J connectivity index is 3.32. The van der Waals surface area contributed by atoms with Gasteiger partial charge in [0.2, 0.25) is 0 Å². The van der Waals surface area contributed by atoms with Gasteiger partial charge in [0.1, 0.15) is 0 Å². The van der Waals surface area contributed by atoms with Crippen LogP contribution in [0.5, 0.6) is 0 Å². The average molecular weight is 183 g/mol. The molecule has 0 saturated heterocycles.